The van der Waals surface area contributed by atoms with E-state index in [0.717, 1.165) is 49.8 Å². The van der Waals surface area contributed by atoms with Gasteiger partial charge in [-0.25, -0.2) is 4.98 Å². The van der Waals surface area contributed by atoms with Crippen LogP contribution in [0.5, 0.6) is 0 Å². The monoisotopic (exact) mass is 438 g/mol. The Hall–Kier alpha value is -2.35. The zero-order chi connectivity index (χ0) is 21.5. The number of amides is 1. The largest absolute Gasteiger partial charge is 0.317 e. The van der Waals surface area contributed by atoms with Crippen molar-refractivity contribution >= 4 is 34.0 Å². The summed E-state index contributed by atoms with van der Waals surface area (Å²) in [6.07, 6.45) is 6.36. The van der Waals surface area contributed by atoms with Crippen LogP contribution in [-0.4, -0.2) is 16.6 Å². The van der Waals surface area contributed by atoms with Crippen LogP contribution in [0.4, 0.5) is 5.00 Å². The van der Waals surface area contributed by atoms with Gasteiger partial charge in [0.05, 0.1) is 11.1 Å². The van der Waals surface area contributed by atoms with Gasteiger partial charge in [0.2, 0.25) is 5.91 Å². The van der Waals surface area contributed by atoms with Crippen LogP contribution in [0, 0.1) is 28.6 Å². The fourth-order valence-electron chi connectivity index (χ4n) is 3.56. The standard InChI is InChI=1S/C23H26N4OS2/c1-3-4-5-17-8-7-16(13-24)22(26-17)29-11-10-21(28)27-23-19(14-25)18-9-6-15(2)12-20(18)30-23/h7-8,15H,3-6,9-12H2,1-2H3,(H,27,28). The van der Waals surface area contributed by atoms with Crippen LogP contribution in [-0.2, 0) is 24.1 Å². The molecule has 0 aromatic carbocycles. The highest BCUT2D eigenvalue weighted by Crippen LogP contribution is 2.39. The van der Waals surface area contributed by atoms with Crippen molar-refractivity contribution in [2.24, 2.45) is 5.92 Å². The first-order chi connectivity index (χ1) is 14.5. The number of hydrogen-bond acceptors (Lipinski definition) is 6. The van der Waals surface area contributed by atoms with Gasteiger partial charge >= 0.3 is 0 Å². The van der Waals surface area contributed by atoms with Gasteiger partial charge in [-0.1, -0.05) is 20.3 Å². The quantitative estimate of drug-likeness (QED) is 0.552. The topological polar surface area (TPSA) is 89.6 Å². The summed E-state index contributed by atoms with van der Waals surface area (Å²) in [5.74, 6) is 1.05. The normalized spacial score (nSPS) is 15.1. The maximum Gasteiger partial charge on any atom is 0.225 e. The first kappa shape index (κ1) is 22.3. The average Bonchev–Trinajstić information content (AvgIpc) is 3.08. The summed E-state index contributed by atoms with van der Waals surface area (Å²) in [7, 11) is 0. The summed E-state index contributed by atoms with van der Waals surface area (Å²) >= 11 is 2.99. The van der Waals surface area contributed by atoms with E-state index >= 15 is 0 Å². The molecule has 0 spiro atoms. The molecule has 0 radical (unpaired) electrons. The van der Waals surface area contributed by atoms with E-state index in [9.17, 15) is 15.3 Å². The number of aromatic nitrogens is 1. The van der Waals surface area contributed by atoms with Gasteiger partial charge in [0.1, 0.15) is 22.2 Å². The van der Waals surface area contributed by atoms with Crippen molar-refractivity contribution in [2.45, 2.75) is 63.8 Å². The van der Waals surface area contributed by atoms with Gasteiger partial charge in [0, 0.05) is 22.7 Å². The highest BCUT2D eigenvalue weighted by atomic mass is 32.2. The van der Waals surface area contributed by atoms with Crippen molar-refractivity contribution in [2.75, 3.05) is 11.1 Å². The Morgan fingerprint density at radius 1 is 1.37 bits per heavy atom. The summed E-state index contributed by atoms with van der Waals surface area (Å²) < 4.78 is 0. The predicted octanol–water partition coefficient (Wildman–Crippen LogP) is 5.47. The number of thiophene rings is 1. The smallest absolute Gasteiger partial charge is 0.225 e. The number of anilines is 1. The van der Waals surface area contributed by atoms with Gasteiger partial charge in [-0.15, -0.1) is 23.1 Å². The first-order valence-corrected chi connectivity index (χ1v) is 12.2. The number of unbranched alkanes of at least 4 members (excludes halogenated alkanes) is 1. The highest BCUT2D eigenvalue weighted by molar-refractivity contribution is 7.99. The number of rotatable bonds is 8. The molecule has 0 aliphatic heterocycles. The Morgan fingerprint density at radius 3 is 2.93 bits per heavy atom. The van der Waals surface area contributed by atoms with Crippen molar-refractivity contribution in [1.82, 2.24) is 4.98 Å². The van der Waals surface area contributed by atoms with Gasteiger partial charge in [-0.05, 0) is 55.7 Å². The third-order valence-corrected chi connectivity index (χ3v) is 7.43. The molecule has 7 heteroatoms. The van der Waals surface area contributed by atoms with Crippen LogP contribution >= 0.6 is 23.1 Å². The molecule has 1 aliphatic carbocycles. The molecule has 3 rings (SSSR count). The van der Waals surface area contributed by atoms with Crippen LogP contribution in [0.3, 0.4) is 0 Å². The molecule has 1 unspecified atom stereocenters. The molecule has 1 N–H and O–H groups in total. The van der Waals surface area contributed by atoms with E-state index in [-0.39, 0.29) is 5.91 Å². The Morgan fingerprint density at radius 2 is 2.20 bits per heavy atom. The lowest BCUT2D eigenvalue weighted by Crippen LogP contribution is -2.12. The summed E-state index contributed by atoms with van der Waals surface area (Å²) in [4.78, 5) is 18.3. The number of fused-ring (bicyclic) bond motifs is 1. The second-order valence-electron chi connectivity index (χ2n) is 7.68. The summed E-state index contributed by atoms with van der Waals surface area (Å²) in [6, 6.07) is 8.20. The fraction of sp³-hybridized carbons (Fsp3) is 0.478. The molecular weight excluding hydrogens is 412 g/mol. The van der Waals surface area contributed by atoms with Gasteiger partial charge in [-0.2, -0.15) is 10.5 Å². The summed E-state index contributed by atoms with van der Waals surface area (Å²) in [5, 5.41) is 23.2. The van der Waals surface area contributed by atoms with Crippen LogP contribution in [0.15, 0.2) is 17.2 Å². The number of hydrogen-bond donors (Lipinski definition) is 1. The SMILES string of the molecule is CCCCc1ccc(C#N)c(SCCC(=O)Nc2sc3c(c2C#N)CCC(C)C3)n1. The Kier molecular flexibility index (Phi) is 7.90. The minimum absolute atomic E-state index is 0.105. The Bertz CT molecular complexity index is 1000. The minimum Gasteiger partial charge on any atom is -0.317 e. The second-order valence-corrected chi connectivity index (χ2v) is 9.87. The average molecular weight is 439 g/mol. The number of thioether (sulfide) groups is 1. The lowest BCUT2D eigenvalue weighted by molar-refractivity contribution is -0.115. The molecular formula is C23H26N4OS2. The Balaban J connectivity index is 1.60. The zero-order valence-electron chi connectivity index (χ0n) is 17.5. The number of aryl methyl sites for hydroxylation is 1. The molecule has 0 saturated heterocycles. The maximum atomic E-state index is 12.5. The van der Waals surface area contributed by atoms with Crippen LogP contribution in [0.1, 0.15) is 66.8 Å². The third kappa shape index (κ3) is 5.41. The van der Waals surface area contributed by atoms with Gasteiger partial charge in [0.15, 0.2) is 0 Å². The number of pyridine rings is 1. The van der Waals surface area contributed by atoms with Crippen LogP contribution < -0.4 is 5.32 Å². The van der Waals surface area contributed by atoms with Crippen molar-refractivity contribution < 1.29 is 4.79 Å². The first-order valence-electron chi connectivity index (χ1n) is 10.4. The molecule has 1 atom stereocenters. The summed E-state index contributed by atoms with van der Waals surface area (Å²) in [6.45, 7) is 4.37. The number of carbonyl (C=O) groups is 1. The predicted molar refractivity (Wildman–Crippen MR) is 122 cm³/mol. The van der Waals surface area contributed by atoms with Crippen molar-refractivity contribution in [3.05, 3.63) is 39.4 Å². The summed E-state index contributed by atoms with van der Waals surface area (Å²) in [5.41, 5.74) is 3.30. The number of nitrogens with zero attached hydrogens (tertiary/aromatic N) is 3. The highest BCUT2D eigenvalue weighted by Gasteiger charge is 2.24. The van der Waals surface area contributed by atoms with E-state index < -0.39 is 0 Å². The van der Waals surface area contributed by atoms with Crippen molar-refractivity contribution in [3.8, 4) is 12.1 Å². The molecule has 2 aromatic heterocycles. The minimum atomic E-state index is -0.105. The van der Waals surface area contributed by atoms with Gasteiger partial charge in [-0.3, -0.25) is 4.79 Å². The zero-order valence-corrected chi connectivity index (χ0v) is 19.1. The van der Waals surface area contributed by atoms with E-state index in [1.165, 1.54) is 16.6 Å². The van der Waals surface area contributed by atoms with Crippen LogP contribution in [0.2, 0.25) is 0 Å². The molecule has 5 nitrogen and oxygen atoms in total. The van der Waals surface area contributed by atoms with E-state index in [4.69, 9.17) is 0 Å². The number of nitrogens with one attached hydrogen (secondary N) is 1. The molecule has 2 heterocycles. The van der Waals surface area contributed by atoms with Gasteiger partial charge in [0.25, 0.3) is 0 Å². The van der Waals surface area contributed by atoms with Crippen molar-refractivity contribution in [3.63, 3.8) is 0 Å². The fourth-order valence-corrected chi connectivity index (χ4v) is 5.87. The molecule has 1 aliphatic rings. The third-order valence-electron chi connectivity index (χ3n) is 5.27. The lowest BCUT2D eigenvalue weighted by atomic mass is 9.89. The molecule has 30 heavy (non-hydrogen) atoms. The van der Waals surface area contributed by atoms with Gasteiger partial charge < -0.3 is 5.32 Å². The Labute approximate surface area is 186 Å². The van der Waals surface area contributed by atoms with E-state index in [1.54, 1.807) is 11.3 Å². The van der Waals surface area contributed by atoms with Crippen LogP contribution in [0.25, 0.3) is 0 Å². The molecule has 2 aromatic rings. The van der Waals surface area contributed by atoms with E-state index in [1.807, 2.05) is 12.1 Å². The molecule has 0 fully saturated rings. The molecule has 0 bridgehead atoms. The molecule has 1 amide bonds. The van der Waals surface area contributed by atoms with E-state index in [0.29, 0.717) is 39.2 Å². The molecule has 0 saturated carbocycles. The van der Waals surface area contributed by atoms with Crippen molar-refractivity contribution in [1.29, 1.82) is 10.5 Å². The number of nitriles is 2. The maximum absolute atomic E-state index is 12.5. The second kappa shape index (κ2) is 10.6. The van der Waals surface area contributed by atoms with E-state index in [2.05, 4.69) is 36.3 Å². The lowest BCUT2D eigenvalue weighted by Gasteiger charge is -2.17. The molecule has 156 valence electrons. The number of carbonyl (C=O) groups excluding carboxylic acids is 1.